The standard InChI is InChI=1S/C9H16OS3/c1-3-6-11-12-7-5-9-13(10)8-4-2/h4-5,7H,2-3,6,8-9H2,1H3/b7-5-. The third-order valence-corrected chi connectivity index (χ3v) is 4.52. The molecule has 0 aromatic carbocycles. The lowest BCUT2D eigenvalue weighted by atomic mass is 10.6. The first kappa shape index (κ1) is 13.3. The fourth-order valence-electron chi connectivity index (χ4n) is 0.556. The van der Waals surface area contributed by atoms with Gasteiger partial charge in [0.05, 0.1) is 0 Å². The topological polar surface area (TPSA) is 17.1 Å². The van der Waals surface area contributed by atoms with Crippen molar-refractivity contribution in [3.63, 3.8) is 0 Å². The second kappa shape index (κ2) is 10.4. The first-order valence-electron chi connectivity index (χ1n) is 4.20. The van der Waals surface area contributed by atoms with Crippen LogP contribution < -0.4 is 0 Å². The van der Waals surface area contributed by atoms with E-state index >= 15 is 0 Å². The van der Waals surface area contributed by atoms with Gasteiger partial charge in [-0.1, -0.05) is 40.7 Å². The third-order valence-electron chi connectivity index (χ3n) is 1.09. The molecule has 0 saturated heterocycles. The van der Waals surface area contributed by atoms with Crippen molar-refractivity contribution in [1.82, 2.24) is 0 Å². The summed E-state index contributed by atoms with van der Waals surface area (Å²) in [6.07, 6.45) is 4.86. The highest BCUT2D eigenvalue weighted by atomic mass is 33.1. The second-order valence-corrected chi connectivity index (χ2v) is 6.29. The summed E-state index contributed by atoms with van der Waals surface area (Å²) in [5, 5.41) is 2.02. The first-order valence-corrected chi connectivity index (χ1v) is 8.07. The smallest absolute Gasteiger partial charge is 0.0426 e. The van der Waals surface area contributed by atoms with E-state index in [1.807, 2.05) is 22.3 Å². The van der Waals surface area contributed by atoms with Crippen LogP contribution in [0.25, 0.3) is 0 Å². The molecule has 0 aromatic rings. The lowest BCUT2D eigenvalue weighted by molar-refractivity contribution is 0.687. The average molecular weight is 236 g/mol. The summed E-state index contributed by atoms with van der Waals surface area (Å²) >= 11 is 0. The molecule has 13 heavy (non-hydrogen) atoms. The van der Waals surface area contributed by atoms with Crippen LogP contribution in [0.1, 0.15) is 13.3 Å². The Kier molecular flexibility index (Phi) is 10.7. The van der Waals surface area contributed by atoms with Gasteiger partial charge < -0.3 is 0 Å². The molecule has 1 atom stereocenters. The van der Waals surface area contributed by atoms with Crippen molar-refractivity contribution in [1.29, 1.82) is 0 Å². The van der Waals surface area contributed by atoms with Crippen molar-refractivity contribution in [2.75, 3.05) is 17.3 Å². The Morgan fingerprint density at radius 2 is 2.23 bits per heavy atom. The monoisotopic (exact) mass is 236 g/mol. The number of hydrogen-bond donors (Lipinski definition) is 0. The summed E-state index contributed by atoms with van der Waals surface area (Å²) in [4.78, 5) is 0. The normalized spacial score (nSPS) is 13.3. The first-order chi connectivity index (χ1) is 6.31. The maximum Gasteiger partial charge on any atom is 0.0426 e. The summed E-state index contributed by atoms with van der Waals surface area (Å²) in [7, 11) is 2.79. The minimum absolute atomic E-state index is 0.594. The molecule has 0 saturated carbocycles. The average Bonchev–Trinajstić information content (AvgIpc) is 2.11. The van der Waals surface area contributed by atoms with Crippen LogP contribution in [0.2, 0.25) is 0 Å². The van der Waals surface area contributed by atoms with Crippen molar-refractivity contribution in [2.24, 2.45) is 0 Å². The summed E-state index contributed by atoms with van der Waals surface area (Å²) in [6, 6.07) is 0. The predicted octanol–water partition coefficient (Wildman–Crippen LogP) is 3.23. The minimum Gasteiger partial charge on any atom is -0.259 e. The van der Waals surface area contributed by atoms with Crippen LogP contribution in [-0.2, 0) is 10.8 Å². The molecule has 4 heteroatoms. The van der Waals surface area contributed by atoms with Crippen molar-refractivity contribution in [2.45, 2.75) is 13.3 Å². The van der Waals surface area contributed by atoms with Crippen LogP contribution >= 0.6 is 21.6 Å². The van der Waals surface area contributed by atoms with Gasteiger partial charge in [-0.2, -0.15) is 0 Å². The zero-order valence-corrected chi connectivity index (χ0v) is 10.4. The van der Waals surface area contributed by atoms with Gasteiger partial charge in [0.1, 0.15) is 0 Å². The highest BCUT2D eigenvalue weighted by Crippen LogP contribution is 2.22. The van der Waals surface area contributed by atoms with E-state index in [0.29, 0.717) is 11.5 Å². The molecule has 0 aliphatic rings. The molecule has 0 aliphatic carbocycles. The molecule has 0 spiro atoms. The highest BCUT2D eigenvalue weighted by Gasteiger charge is 1.90. The van der Waals surface area contributed by atoms with E-state index in [4.69, 9.17) is 0 Å². The fourth-order valence-corrected chi connectivity index (χ4v) is 3.16. The van der Waals surface area contributed by atoms with Gasteiger partial charge in [-0.15, -0.1) is 6.58 Å². The molecular formula is C9H16OS3. The Labute approximate surface area is 91.3 Å². The molecule has 76 valence electrons. The number of hydrogen-bond acceptors (Lipinski definition) is 3. The molecule has 0 heterocycles. The molecular weight excluding hydrogens is 220 g/mol. The van der Waals surface area contributed by atoms with E-state index in [1.54, 1.807) is 16.9 Å². The minimum atomic E-state index is -0.755. The number of rotatable bonds is 8. The Morgan fingerprint density at radius 3 is 2.85 bits per heavy atom. The quantitative estimate of drug-likeness (QED) is 0.366. The van der Waals surface area contributed by atoms with Gasteiger partial charge in [-0.05, 0) is 11.8 Å². The van der Waals surface area contributed by atoms with Crippen molar-refractivity contribution >= 4 is 32.4 Å². The maximum absolute atomic E-state index is 11.1. The molecule has 0 fully saturated rings. The van der Waals surface area contributed by atoms with E-state index in [0.717, 1.165) is 0 Å². The summed E-state index contributed by atoms with van der Waals surface area (Å²) in [5.74, 6) is 2.41. The van der Waals surface area contributed by atoms with E-state index in [1.165, 1.54) is 12.2 Å². The zero-order chi connectivity index (χ0) is 9.94. The summed E-state index contributed by atoms with van der Waals surface area (Å²) in [5.41, 5.74) is 0. The Balaban J connectivity index is 3.29. The van der Waals surface area contributed by atoms with Crippen LogP contribution in [0.5, 0.6) is 0 Å². The third kappa shape index (κ3) is 10.2. The summed E-state index contributed by atoms with van der Waals surface area (Å²) in [6.45, 7) is 5.71. The van der Waals surface area contributed by atoms with Gasteiger partial charge in [0.2, 0.25) is 0 Å². The largest absolute Gasteiger partial charge is 0.259 e. The van der Waals surface area contributed by atoms with Crippen molar-refractivity contribution in [3.8, 4) is 0 Å². The molecule has 0 aromatic heterocycles. The summed E-state index contributed by atoms with van der Waals surface area (Å²) < 4.78 is 11.1. The SMILES string of the molecule is C=CCS(=O)C/C=C\SSCCC. The fraction of sp³-hybridized carbons (Fsp3) is 0.556. The van der Waals surface area contributed by atoms with Gasteiger partial charge in [-0.3, -0.25) is 4.21 Å². The van der Waals surface area contributed by atoms with Gasteiger partial charge in [0.25, 0.3) is 0 Å². The Bertz CT molecular complexity index is 178. The highest BCUT2D eigenvalue weighted by molar-refractivity contribution is 8.77. The molecule has 0 N–H and O–H groups in total. The van der Waals surface area contributed by atoms with E-state index < -0.39 is 10.8 Å². The van der Waals surface area contributed by atoms with E-state index in [2.05, 4.69) is 13.5 Å². The molecule has 0 aliphatic heterocycles. The van der Waals surface area contributed by atoms with Crippen LogP contribution in [0.4, 0.5) is 0 Å². The van der Waals surface area contributed by atoms with Gasteiger partial charge >= 0.3 is 0 Å². The van der Waals surface area contributed by atoms with Crippen molar-refractivity contribution in [3.05, 3.63) is 24.1 Å². The molecule has 1 nitrogen and oxygen atoms in total. The van der Waals surface area contributed by atoms with Crippen molar-refractivity contribution < 1.29 is 4.21 Å². The molecule has 0 bridgehead atoms. The zero-order valence-electron chi connectivity index (χ0n) is 7.90. The van der Waals surface area contributed by atoms with Gasteiger partial charge in [0.15, 0.2) is 0 Å². The van der Waals surface area contributed by atoms with Gasteiger partial charge in [-0.25, -0.2) is 0 Å². The van der Waals surface area contributed by atoms with Crippen LogP contribution in [0, 0.1) is 0 Å². The Hall–Kier alpha value is 0.330. The van der Waals surface area contributed by atoms with E-state index in [9.17, 15) is 4.21 Å². The maximum atomic E-state index is 11.1. The van der Waals surface area contributed by atoms with E-state index in [-0.39, 0.29) is 0 Å². The Morgan fingerprint density at radius 1 is 1.46 bits per heavy atom. The van der Waals surface area contributed by atoms with Crippen LogP contribution in [0.15, 0.2) is 24.1 Å². The lowest BCUT2D eigenvalue weighted by Crippen LogP contribution is -1.96. The molecule has 0 rings (SSSR count). The van der Waals surface area contributed by atoms with Crippen LogP contribution in [-0.4, -0.2) is 21.5 Å². The lowest BCUT2D eigenvalue weighted by Gasteiger charge is -1.92. The second-order valence-electron chi connectivity index (χ2n) is 2.35. The molecule has 0 amide bonds. The molecule has 1 unspecified atom stereocenters. The molecule has 0 radical (unpaired) electrons. The van der Waals surface area contributed by atoms with Crippen LogP contribution in [0.3, 0.4) is 0 Å². The van der Waals surface area contributed by atoms with Gasteiger partial charge in [0, 0.05) is 28.1 Å². The predicted molar refractivity (Wildman–Crippen MR) is 67.6 cm³/mol.